The van der Waals surface area contributed by atoms with Crippen molar-refractivity contribution in [2.75, 3.05) is 38.3 Å². The second kappa shape index (κ2) is 11.1. The first-order chi connectivity index (χ1) is 18.7. The number of nitrogens with zero attached hydrogens (tertiary/aromatic N) is 4. The lowest BCUT2D eigenvalue weighted by atomic mass is 10.0. The van der Waals surface area contributed by atoms with E-state index in [2.05, 4.69) is 5.10 Å². The van der Waals surface area contributed by atoms with Gasteiger partial charge in [-0.25, -0.2) is 18.0 Å². The number of hydrogen-bond donors (Lipinski definition) is 1. The van der Waals surface area contributed by atoms with Gasteiger partial charge < -0.3 is 14.4 Å². The van der Waals surface area contributed by atoms with Crippen LogP contribution in [0, 0.1) is 11.6 Å². The Balaban J connectivity index is 1.49. The lowest BCUT2D eigenvalue weighted by Gasteiger charge is -2.31. The van der Waals surface area contributed by atoms with Crippen molar-refractivity contribution < 1.29 is 31.5 Å². The number of hydrogen-bond acceptors (Lipinski definition) is 7. The smallest absolute Gasteiger partial charge is 0.303 e. The standard InChI is InChI=1S/C26H31F2N5O5S/c1-3-31(2)39(35,36)30-26(34)20-16-29-33-12-8-22(24(28)25(20)33)32-11-4-5-21(32)19-15-17(27)6-7-23(19)38-18-9-13-37-14-10-18/h6-8,12,15-16,18,21H,3-5,9-11,13-14H2,1-2H3,(H,30,34)/t21-/m1/s1. The van der Waals surface area contributed by atoms with E-state index in [4.69, 9.17) is 9.47 Å². The van der Waals surface area contributed by atoms with E-state index in [1.165, 1.54) is 29.9 Å². The van der Waals surface area contributed by atoms with E-state index in [9.17, 15) is 17.6 Å². The van der Waals surface area contributed by atoms with Crippen LogP contribution in [-0.2, 0) is 14.9 Å². The number of rotatable bonds is 8. The Bertz CT molecular complexity index is 1470. The predicted molar refractivity (Wildman–Crippen MR) is 140 cm³/mol. The molecule has 2 fully saturated rings. The van der Waals surface area contributed by atoms with E-state index >= 15 is 4.39 Å². The van der Waals surface area contributed by atoms with Crippen molar-refractivity contribution in [2.45, 2.75) is 44.8 Å². The number of benzene rings is 1. The molecule has 39 heavy (non-hydrogen) atoms. The maximum absolute atomic E-state index is 16.1. The monoisotopic (exact) mass is 563 g/mol. The van der Waals surface area contributed by atoms with Gasteiger partial charge in [0.05, 0.1) is 36.7 Å². The van der Waals surface area contributed by atoms with Gasteiger partial charge in [-0.3, -0.25) is 4.79 Å². The zero-order valence-electron chi connectivity index (χ0n) is 21.8. The molecule has 2 aliphatic rings. The van der Waals surface area contributed by atoms with Crippen LogP contribution in [0.4, 0.5) is 14.5 Å². The van der Waals surface area contributed by atoms with E-state index in [-0.39, 0.29) is 35.5 Å². The van der Waals surface area contributed by atoms with Gasteiger partial charge in [0, 0.05) is 44.7 Å². The second-order valence-electron chi connectivity index (χ2n) is 9.68. The average molecular weight is 564 g/mol. The average Bonchev–Trinajstić information content (AvgIpc) is 3.58. The van der Waals surface area contributed by atoms with Crippen molar-refractivity contribution in [3.05, 3.63) is 59.4 Å². The van der Waals surface area contributed by atoms with Crippen LogP contribution in [-0.4, -0.2) is 67.7 Å². The summed E-state index contributed by atoms with van der Waals surface area (Å²) in [6, 6.07) is 5.58. The summed E-state index contributed by atoms with van der Waals surface area (Å²) in [5.74, 6) is -1.58. The molecule has 10 nitrogen and oxygen atoms in total. The lowest BCUT2D eigenvalue weighted by molar-refractivity contribution is 0.0250. The number of aromatic nitrogens is 2. The largest absolute Gasteiger partial charge is 0.490 e. The maximum atomic E-state index is 16.1. The first kappa shape index (κ1) is 27.3. The van der Waals surface area contributed by atoms with Crippen molar-refractivity contribution in [1.82, 2.24) is 18.6 Å². The third-order valence-corrected chi connectivity index (χ3v) is 8.80. The minimum atomic E-state index is -4.10. The second-order valence-corrected chi connectivity index (χ2v) is 11.5. The van der Waals surface area contributed by atoms with Crippen LogP contribution < -0.4 is 14.4 Å². The molecule has 1 atom stereocenters. The Hall–Kier alpha value is -3.29. The number of nitrogens with one attached hydrogen (secondary N) is 1. The summed E-state index contributed by atoms with van der Waals surface area (Å²) in [6.07, 6.45) is 5.42. The number of anilines is 1. The van der Waals surface area contributed by atoms with Crippen LogP contribution in [0.15, 0.2) is 36.7 Å². The van der Waals surface area contributed by atoms with Crippen LogP contribution in [0.3, 0.4) is 0 Å². The van der Waals surface area contributed by atoms with Crippen LogP contribution in [0.25, 0.3) is 5.52 Å². The van der Waals surface area contributed by atoms with E-state index in [1.54, 1.807) is 19.1 Å². The first-order valence-electron chi connectivity index (χ1n) is 12.9. The summed E-state index contributed by atoms with van der Waals surface area (Å²) >= 11 is 0. The van der Waals surface area contributed by atoms with Crippen molar-refractivity contribution >= 4 is 27.3 Å². The fraction of sp³-hybridized carbons (Fsp3) is 0.462. The molecule has 13 heteroatoms. The molecule has 0 saturated carbocycles. The van der Waals surface area contributed by atoms with E-state index in [0.717, 1.165) is 29.8 Å². The fourth-order valence-electron chi connectivity index (χ4n) is 5.08. The molecule has 0 radical (unpaired) electrons. The van der Waals surface area contributed by atoms with Crippen LogP contribution in [0.1, 0.15) is 54.6 Å². The van der Waals surface area contributed by atoms with Gasteiger partial charge in [-0.15, -0.1) is 0 Å². The summed E-state index contributed by atoms with van der Waals surface area (Å²) in [6.45, 7) is 3.46. The lowest BCUT2D eigenvalue weighted by Crippen LogP contribution is -2.41. The van der Waals surface area contributed by atoms with Gasteiger partial charge in [0.1, 0.15) is 23.2 Å². The van der Waals surface area contributed by atoms with Gasteiger partial charge in [-0.1, -0.05) is 6.92 Å². The number of carbonyl (C=O) groups is 1. The van der Waals surface area contributed by atoms with Crippen molar-refractivity contribution in [1.29, 1.82) is 0 Å². The molecule has 0 unspecified atom stereocenters. The van der Waals surface area contributed by atoms with Crippen LogP contribution in [0.5, 0.6) is 5.75 Å². The molecule has 0 spiro atoms. The third kappa shape index (κ3) is 5.43. The Morgan fingerprint density at radius 1 is 1.23 bits per heavy atom. The SMILES string of the molecule is CCN(C)S(=O)(=O)NC(=O)c1cnn2ccc(N3CCC[C@@H]3c3cc(F)ccc3OC3CCOCC3)c(F)c12. The van der Waals surface area contributed by atoms with Crippen molar-refractivity contribution in [2.24, 2.45) is 0 Å². The molecule has 2 aromatic heterocycles. The minimum Gasteiger partial charge on any atom is -0.490 e. The Morgan fingerprint density at radius 3 is 2.74 bits per heavy atom. The highest BCUT2D eigenvalue weighted by molar-refractivity contribution is 7.87. The zero-order valence-corrected chi connectivity index (χ0v) is 22.6. The molecule has 0 aliphatic carbocycles. The number of carbonyl (C=O) groups excluding carboxylic acids is 1. The molecule has 1 aromatic carbocycles. The molecule has 2 saturated heterocycles. The van der Waals surface area contributed by atoms with Crippen LogP contribution in [0.2, 0.25) is 0 Å². The maximum Gasteiger partial charge on any atom is 0.303 e. The Kier molecular flexibility index (Phi) is 7.74. The molecule has 5 rings (SSSR count). The van der Waals surface area contributed by atoms with Gasteiger partial charge in [-0.05, 0) is 37.1 Å². The number of fused-ring (bicyclic) bond motifs is 1. The number of pyridine rings is 1. The summed E-state index contributed by atoms with van der Waals surface area (Å²) in [5, 5.41) is 4.04. The summed E-state index contributed by atoms with van der Waals surface area (Å²) in [5.41, 5.74) is 0.461. The molecule has 4 heterocycles. The molecule has 0 bridgehead atoms. The third-order valence-electron chi connectivity index (χ3n) is 7.28. The first-order valence-corrected chi connectivity index (χ1v) is 14.4. The van der Waals surface area contributed by atoms with Gasteiger partial charge in [0.2, 0.25) is 0 Å². The minimum absolute atomic E-state index is 0.0539. The Morgan fingerprint density at radius 2 is 2.00 bits per heavy atom. The molecule has 2 aliphatic heterocycles. The zero-order chi connectivity index (χ0) is 27.7. The molecular weight excluding hydrogens is 532 g/mol. The Labute approximate surface area is 225 Å². The number of ether oxygens (including phenoxy) is 2. The highest BCUT2D eigenvalue weighted by Crippen LogP contribution is 2.42. The van der Waals surface area contributed by atoms with Crippen molar-refractivity contribution in [3.8, 4) is 5.75 Å². The normalized spacial score (nSPS) is 18.7. The van der Waals surface area contributed by atoms with Gasteiger partial charge in [-0.2, -0.15) is 17.8 Å². The number of halogens is 2. The van der Waals surface area contributed by atoms with E-state index < -0.39 is 27.8 Å². The fourth-order valence-corrected chi connectivity index (χ4v) is 5.92. The molecule has 1 amide bonds. The van der Waals surface area contributed by atoms with Crippen LogP contribution >= 0.6 is 0 Å². The molecule has 1 N–H and O–H groups in total. The van der Waals surface area contributed by atoms with E-state index in [0.29, 0.717) is 37.5 Å². The summed E-state index contributed by atoms with van der Waals surface area (Å²) < 4.78 is 71.1. The predicted octanol–water partition coefficient (Wildman–Crippen LogP) is 3.44. The molecular formula is C26H31F2N5O5S. The topological polar surface area (TPSA) is 105 Å². The van der Waals surface area contributed by atoms with E-state index in [1.807, 2.05) is 9.62 Å². The quantitative estimate of drug-likeness (QED) is 0.448. The summed E-state index contributed by atoms with van der Waals surface area (Å²) in [4.78, 5) is 14.7. The van der Waals surface area contributed by atoms with Gasteiger partial charge >= 0.3 is 10.2 Å². The van der Waals surface area contributed by atoms with Gasteiger partial charge in [0.25, 0.3) is 5.91 Å². The van der Waals surface area contributed by atoms with Crippen molar-refractivity contribution in [3.63, 3.8) is 0 Å². The highest BCUT2D eigenvalue weighted by atomic mass is 32.2. The highest BCUT2D eigenvalue weighted by Gasteiger charge is 2.33. The molecule has 210 valence electrons. The summed E-state index contributed by atoms with van der Waals surface area (Å²) in [7, 11) is -2.78. The van der Waals surface area contributed by atoms with Gasteiger partial charge in [0.15, 0.2) is 5.82 Å². The molecule has 3 aromatic rings. The number of amides is 1.